The Hall–Kier alpha value is -2.57. The number of esters is 3. The molecular formula is C13H12O7. The predicted octanol–water partition coefficient (Wildman–Crippen LogP) is 1.02. The summed E-state index contributed by atoms with van der Waals surface area (Å²) < 4.78 is 19.6. The summed E-state index contributed by atoms with van der Waals surface area (Å²) in [5.74, 6) is -3.84. The van der Waals surface area contributed by atoms with Crippen LogP contribution < -0.4 is 4.74 Å². The Balaban J connectivity index is 2.07. The zero-order chi connectivity index (χ0) is 14.8. The molecule has 1 aliphatic rings. The highest BCUT2D eigenvalue weighted by Crippen LogP contribution is 2.31. The lowest BCUT2D eigenvalue weighted by Crippen LogP contribution is -2.46. The second-order valence-corrected chi connectivity index (χ2v) is 4.10. The first-order valence-electron chi connectivity index (χ1n) is 5.76. The predicted molar refractivity (Wildman–Crippen MR) is 63.6 cm³/mol. The molecule has 0 saturated heterocycles. The average Bonchev–Trinajstić information content (AvgIpc) is 2.35. The number of carbonyl (C=O) groups excluding carboxylic acids is 3. The van der Waals surface area contributed by atoms with E-state index in [0.717, 1.165) is 6.92 Å². The highest BCUT2D eigenvalue weighted by molar-refractivity contribution is 5.93. The second kappa shape index (κ2) is 5.20. The molecule has 1 aromatic rings. The Morgan fingerprint density at radius 1 is 1.25 bits per heavy atom. The van der Waals surface area contributed by atoms with Crippen LogP contribution in [0.4, 0.5) is 0 Å². The van der Waals surface area contributed by atoms with Gasteiger partial charge < -0.3 is 18.9 Å². The van der Waals surface area contributed by atoms with E-state index < -0.39 is 30.5 Å². The first kappa shape index (κ1) is 13.9. The molecular weight excluding hydrogens is 268 g/mol. The molecule has 0 N–H and O–H groups in total. The van der Waals surface area contributed by atoms with Gasteiger partial charge in [-0.05, 0) is 12.1 Å². The first-order valence-corrected chi connectivity index (χ1v) is 5.76. The number of para-hydroxylation sites is 1. The average molecular weight is 280 g/mol. The normalized spacial score (nSPS) is 20.2. The number of rotatable bonds is 3. The molecule has 0 aromatic heterocycles. The molecule has 0 amide bonds. The van der Waals surface area contributed by atoms with Gasteiger partial charge in [-0.25, -0.2) is 9.59 Å². The van der Waals surface area contributed by atoms with E-state index >= 15 is 0 Å². The van der Waals surface area contributed by atoms with Crippen LogP contribution in [-0.4, -0.2) is 30.5 Å². The Morgan fingerprint density at radius 3 is 2.65 bits per heavy atom. The van der Waals surface area contributed by atoms with Gasteiger partial charge in [-0.3, -0.25) is 4.79 Å². The van der Waals surface area contributed by atoms with E-state index in [0.29, 0.717) is 0 Å². The molecule has 20 heavy (non-hydrogen) atoms. The Bertz CT molecular complexity index is 566. The van der Waals surface area contributed by atoms with Crippen molar-refractivity contribution in [3.05, 3.63) is 29.8 Å². The third-order valence-corrected chi connectivity index (χ3v) is 2.37. The lowest BCUT2D eigenvalue weighted by molar-refractivity contribution is -0.294. The minimum absolute atomic E-state index is 0.237. The van der Waals surface area contributed by atoms with Crippen molar-refractivity contribution >= 4 is 17.9 Å². The van der Waals surface area contributed by atoms with Crippen LogP contribution in [0.5, 0.6) is 5.75 Å². The fraction of sp³-hybridized carbons (Fsp3) is 0.308. The van der Waals surface area contributed by atoms with Crippen molar-refractivity contribution in [2.24, 2.45) is 0 Å². The third kappa shape index (κ3) is 3.05. The number of fused-ring (bicyclic) bond motifs is 1. The summed E-state index contributed by atoms with van der Waals surface area (Å²) >= 11 is 0. The highest BCUT2D eigenvalue weighted by Gasteiger charge is 2.42. The van der Waals surface area contributed by atoms with E-state index in [1.165, 1.54) is 13.0 Å². The van der Waals surface area contributed by atoms with Crippen molar-refractivity contribution in [2.75, 3.05) is 6.61 Å². The highest BCUT2D eigenvalue weighted by atomic mass is 16.9. The van der Waals surface area contributed by atoms with E-state index in [9.17, 15) is 14.4 Å². The van der Waals surface area contributed by atoms with Crippen molar-refractivity contribution in [1.82, 2.24) is 0 Å². The van der Waals surface area contributed by atoms with Crippen LogP contribution in [0.1, 0.15) is 24.2 Å². The van der Waals surface area contributed by atoms with Gasteiger partial charge in [-0.2, -0.15) is 0 Å². The monoisotopic (exact) mass is 280 g/mol. The van der Waals surface area contributed by atoms with Crippen LogP contribution in [0.25, 0.3) is 0 Å². The summed E-state index contributed by atoms with van der Waals surface area (Å²) in [4.78, 5) is 33.8. The lowest BCUT2D eigenvalue weighted by Gasteiger charge is -2.32. The number of hydrogen-bond donors (Lipinski definition) is 0. The van der Waals surface area contributed by atoms with Gasteiger partial charge in [-0.1, -0.05) is 12.1 Å². The van der Waals surface area contributed by atoms with Gasteiger partial charge in [0.25, 0.3) is 0 Å². The SMILES string of the molecule is CC(=O)OCC(=O)OC1(C)OC(=O)c2ccccc2O1. The number of hydrogen-bond acceptors (Lipinski definition) is 7. The molecule has 0 spiro atoms. The molecule has 1 atom stereocenters. The molecule has 7 heteroatoms. The van der Waals surface area contributed by atoms with Crippen molar-refractivity contribution in [2.45, 2.75) is 19.8 Å². The molecule has 1 heterocycles. The van der Waals surface area contributed by atoms with E-state index in [2.05, 4.69) is 4.74 Å². The minimum atomic E-state index is -1.89. The topological polar surface area (TPSA) is 88.1 Å². The van der Waals surface area contributed by atoms with Gasteiger partial charge in [0.15, 0.2) is 6.61 Å². The Kier molecular flexibility index (Phi) is 3.60. The Morgan fingerprint density at radius 2 is 1.95 bits per heavy atom. The maximum atomic E-state index is 11.8. The zero-order valence-electron chi connectivity index (χ0n) is 10.9. The van der Waals surface area contributed by atoms with Crippen LogP contribution in [0.3, 0.4) is 0 Å². The van der Waals surface area contributed by atoms with Crippen LogP contribution in [0.15, 0.2) is 24.3 Å². The van der Waals surface area contributed by atoms with Gasteiger partial charge in [0.2, 0.25) is 0 Å². The lowest BCUT2D eigenvalue weighted by atomic mass is 10.2. The van der Waals surface area contributed by atoms with Crippen molar-refractivity contribution in [3.63, 3.8) is 0 Å². The number of carbonyl (C=O) groups is 3. The Labute approximate surface area is 114 Å². The quantitative estimate of drug-likeness (QED) is 0.763. The molecule has 0 radical (unpaired) electrons. The van der Waals surface area contributed by atoms with Crippen LogP contribution in [0.2, 0.25) is 0 Å². The van der Waals surface area contributed by atoms with Crippen LogP contribution >= 0.6 is 0 Å². The molecule has 0 bridgehead atoms. The molecule has 1 unspecified atom stereocenters. The van der Waals surface area contributed by atoms with E-state index in [1.807, 2.05) is 0 Å². The smallest absolute Gasteiger partial charge is 0.418 e. The first-order chi connectivity index (χ1) is 9.39. The summed E-state index contributed by atoms with van der Waals surface area (Å²) in [6, 6.07) is 6.39. The molecule has 7 nitrogen and oxygen atoms in total. The summed E-state index contributed by atoms with van der Waals surface area (Å²) in [6.45, 7) is 1.84. The molecule has 0 aliphatic carbocycles. The fourth-order valence-corrected chi connectivity index (χ4v) is 1.61. The minimum Gasteiger partial charge on any atom is -0.454 e. The second-order valence-electron chi connectivity index (χ2n) is 4.10. The van der Waals surface area contributed by atoms with Gasteiger partial charge >= 0.3 is 23.9 Å². The van der Waals surface area contributed by atoms with Gasteiger partial charge in [0.1, 0.15) is 11.3 Å². The van der Waals surface area contributed by atoms with Crippen molar-refractivity contribution < 1.29 is 33.3 Å². The number of cyclic esters (lactones) is 1. The standard InChI is InChI=1S/C13H12O7/c1-8(14)17-7-11(15)19-13(2)18-10-6-4-3-5-9(10)12(16)20-13/h3-6H,7H2,1-2H3. The molecule has 106 valence electrons. The summed E-state index contributed by atoms with van der Waals surface area (Å²) in [5, 5.41) is 0. The molecule has 1 aromatic carbocycles. The fourth-order valence-electron chi connectivity index (χ4n) is 1.61. The van der Waals surface area contributed by atoms with Gasteiger partial charge in [0, 0.05) is 6.92 Å². The molecule has 0 saturated carbocycles. The number of benzene rings is 1. The zero-order valence-corrected chi connectivity index (χ0v) is 10.9. The molecule has 0 fully saturated rings. The third-order valence-electron chi connectivity index (χ3n) is 2.37. The maximum Gasteiger partial charge on any atom is 0.418 e. The summed E-state index contributed by atoms with van der Waals surface area (Å²) in [7, 11) is 0. The van der Waals surface area contributed by atoms with E-state index in [1.54, 1.807) is 18.2 Å². The van der Waals surface area contributed by atoms with E-state index in [-0.39, 0.29) is 11.3 Å². The maximum absolute atomic E-state index is 11.8. The van der Waals surface area contributed by atoms with E-state index in [4.69, 9.17) is 14.2 Å². The summed E-state index contributed by atoms with van der Waals surface area (Å²) in [6.07, 6.45) is 0. The molecule has 2 rings (SSSR count). The largest absolute Gasteiger partial charge is 0.454 e. The van der Waals surface area contributed by atoms with Gasteiger partial charge in [0.05, 0.1) is 6.92 Å². The van der Waals surface area contributed by atoms with Crippen LogP contribution in [-0.2, 0) is 23.8 Å². The van der Waals surface area contributed by atoms with Crippen molar-refractivity contribution in [3.8, 4) is 5.75 Å². The summed E-state index contributed by atoms with van der Waals surface area (Å²) in [5.41, 5.74) is 0.237. The van der Waals surface area contributed by atoms with Crippen molar-refractivity contribution in [1.29, 1.82) is 0 Å². The molecule has 1 aliphatic heterocycles. The van der Waals surface area contributed by atoms with Gasteiger partial charge in [-0.15, -0.1) is 0 Å². The number of ether oxygens (including phenoxy) is 4. The van der Waals surface area contributed by atoms with Crippen LogP contribution in [0, 0.1) is 0 Å².